The van der Waals surface area contributed by atoms with E-state index in [1.165, 1.54) is 0 Å². The van der Waals surface area contributed by atoms with Crippen LogP contribution in [-0.4, -0.2) is 30.5 Å². The average Bonchev–Trinajstić information content (AvgIpc) is 2.83. The molecule has 20 heavy (non-hydrogen) atoms. The summed E-state index contributed by atoms with van der Waals surface area (Å²) in [6, 6.07) is 2.86. The van der Waals surface area contributed by atoms with E-state index in [0.717, 1.165) is 0 Å². The third-order valence-corrected chi connectivity index (χ3v) is 3.10. The number of carbonyl (C=O) groups excluding carboxylic acids is 1. The molecule has 1 amide bonds. The van der Waals surface area contributed by atoms with Crippen LogP contribution in [0.1, 0.15) is 30.6 Å². The number of carbonyl (C=O) groups is 1. The minimum atomic E-state index is -0.319. The van der Waals surface area contributed by atoms with Crippen LogP contribution in [0, 0.1) is 5.92 Å². The number of aliphatic hydroxyl groups excluding tert-OH is 1. The molecule has 0 bridgehead atoms. The molecule has 0 saturated carbocycles. The fourth-order valence-corrected chi connectivity index (χ4v) is 2.17. The third-order valence-electron chi connectivity index (χ3n) is 3.10. The third kappa shape index (κ3) is 3.14. The maximum Gasteiger partial charge on any atom is 0.253 e. The van der Waals surface area contributed by atoms with Crippen molar-refractivity contribution in [1.29, 1.82) is 0 Å². The quantitative estimate of drug-likeness (QED) is 0.703. The van der Waals surface area contributed by atoms with Crippen molar-refractivity contribution < 1.29 is 19.4 Å². The van der Waals surface area contributed by atoms with Gasteiger partial charge in [-0.25, -0.2) is 0 Å². The van der Waals surface area contributed by atoms with Gasteiger partial charge >= 0.3 is 0 Å². The number of nitrogens with one attached hydrogen (secondary N) is 1. The molecule has 0 spiro atoms. The van der Waals surface area contributed by atoms with Crippen LogP contribution in [0.2, 0.25) is 0 Å². The van der Waals surface area contributed by atoms with Crippen molar-refractivity contribution in [3.05, 3.63) is 17.7 Å². The number of nitrogens with two attached hydrogens (primary N) is 1. The van der Waals surface area contributed by atoms with E-state index in [1.807, 2.05) is 13.8 Å². The molecule has 6 heteroatoms. The average molecular weight is 280 g/mol. The Hall–Kier alpha value is -1.95. The highest BCUT2D eigenvalue weighted by molar-refractivity contribution is 6.00. The number of amides is 1. The largest absolute Gasteiger partial charge is 0.454 e. The molecule has 1 unspecified atom stereocenters. The molecule has 1 atom stereocenters. The van der Waals surface area contributed by atoms with Crippen LogP contribution in [0.15, 0.2) is 12.1 Å². The van der Waals surface area contributed by atoms with Gasteiger partial charge in [-0.1, -0.05) is 13.8 Å². The zero-order valence-electron chi connectivity index (χ0n) is 11.7. The number of ether oxygens (including phenoxy) is 2. The lowest BCUT2D eigenvalue weighted by atomic mass is 10.0. The Morgan fingerprint density at radius 3 is 2.65 bits per heavy atom. The number of hydrogen-bond donors (Lipinski definition) is 3. The van der Waals surface area contributed by atoms with Crippen molar-refractivity contribution in [1.82, 2.24) is 5.32 Å². The van der Waals surface area contributed by atoms with Gasteiger partial charge in [0.1, 0.15) is 0 Å². The van der Waals surface area contributed by atoms with Crippen LogP contribution in [0.5, 0.6) is 11.5 Å². The highest BCUT2D eigenvalue weighted by atomic mass is 16.7. The molecule has 6 nitrogen and oxygen atoms in total. The van der Waals surface area contributed by atoms with Gasteiger partial charge in [-0.2, -0.15) is 0 Å². The molecule has 4 N–H and O–H groups in total. The predicted octanol–water partition coefficient (Wildman–Crippen LogP) is 1.13. The van der Waals surface area contributed by atoms with Gasteiger partial charge in [-0.3, -0.25) is 4.79 Å². The van der Waals surface area contributed by atoms with Gasteiger partial charge in [0.2, 0.25) is 6.79 Å². The Morgan fingerprint density at radius 1 is 1.40 bits per heavy atom. The van der Waals surface area contributed by atoms with Crippen LogP contribution < -0.4 is 20.5 Å². The van der Waals surface area contributed by atoms with Crippen LogP contribution in [0.25, 0.3) is 0 Å². The van der Waals surface area contributed by atoms with Crippen LogP contribution in [0.3, 0.4) is 0 Å². The highest BCUT2D eigenvalue weighted by Crippen LogP contribution is 2.35. The zero-order valence-corrected chi connectivity index (χ0v) is 11.7. The summed E-state index contributed by atoms with van der Waals surface area (Å²) < 4.78 is 10.4. The van der Waals surface area contributed by atoms with Gasteiger partial charge < -0.3 is 25.6 Å². The lowest BCUT2D eigenvalue weighted by Crippen LogP contribution is -2.38. The fraction of sp³-hybridized carbons (Fsp3) is 0.500. The van der Waals surface area contributed by atoms with Crippen LogP contribution in [-0.2, 0) is 0 Å². The normalized spacial score (nSPS) is 14.4. The maximum atomic E-state index is 12.2. The first kappa shape index (κ1) is 14.5. The van der Waals surface area contributed by atoms with Crippen molar-refractivity contribution in [2.75, 3.05) is 19.1 Å². The molecule has 1 aliphatic rings. The minimum absolute atomic E-state index is 0.103. The summed E-state index contributed by atoms with van der Waals surface area (Å²) in [6.45, 7) is 4.09. The number of nitrogen functional groups attached to an aromatic ring is 1. The van der Waals surface area contributed by atoms with Gasteiger partial charge in [-0.15, -0.1) is 0 Å². The Labute approximate surface area is 117 Å². The lowest BCUT2D eigenvalue weighted by molar-refractivity contribution is 0.0909. The molecule has 0 saturated heterocycles. The summed E-state index contributed by atoms with van der Waals surface area (Å²) >= 11 is 0. The summed E-state index contributed by atoms with van der Waals surface area (Å²) in [7, 11) is 0. The first-order chi connectivity index (χ1) is 9.51. The SMILES string of the molecule is CC(C)CC(CO)NC(=O)c1cc2c(cc1N)OCO2. The van der Waals surface area contributed by atoms with Gasteiger partial charge in [0, 0.05) is 11.8 Å². The minimum Gasteiger partial charge on any atom is -0.454 e. The highest BCUT2D eigenvalue weighted by Gasteiger charge is 2.21. The molecule has 2 rings (SSSR count). The Balaban J connectivity index is 2.13. The summed E-state index contributed by atoms with van der Waals surface area (Å²) in [5.41, 5.74) is 6.51. The van der Waals surface area contributed by atoms with Gasteiger partial charge in [0.05, 0.1) is 18.2 Å². The number of fused-ring (bicyclic) bond motifs is 1. The molecule has 0 aliphatic carbocycles. The molecule has 110 valence electrons. The van der Waals surface area contributed by atoms with E-state index in [9.17, 15) is 9.90 Å². The summed E-state index contributed by atoms with van der Waals surface area (Å²) in [5, 5.41) is 12.1. The molecular formula is C14H20N2O4. The second kappa shape index (κ2) is 6.00. The first-order valence-corrected chi connectivity index (χ1v) is 6.62. The van der Waals surface area contributed by atoms with Crippen molar-refractivity contribution in [2.24, 2.45) is 5.92 Å². The summed E-state index contributed by atoms with van der Waals surface area (Å²) in [6.07, 6.45) is 0.701. The Bertz CT molecular complexity index is 502. The topological polar surface area (TPSA) is 93.8 Å². The van der Waals surface area contributed by atoms with Crippen molar-refractivity contribution >= 4 is 11.6 Å². The molecular weight excluding hydrogens is 260 g/mol. The Morgan fingerprint density at radius 2 is 2.05 bits per heavy atom. The Kier molecular flexibility index (Phi) is 4.34. The fourth-order valence-electron chi connectivity index (χ4n) is 2.17. The summed E-state index contributed by atoms with van der Waals surface area (Å²) in [5.74, 6) is 1.11. The number of hydrogen-bond acceptors (Lipinski definition) is 5. The van der Waals surface area contributed by atoms with Gasteiger partial charge in [0.15, 0.2) is 11.5 Å². The van der Waals surface area contributed by atoms with E-state index in [-0.39, 0.29) is 25.3 Å². The van der Waals surface area contributed by atoms with Crippen molar-refractivity contribution in [3.63, 3.8) is 0 Å². The molecule has 0 aromatic heterocycles. The van der Waals surface area contributed by atoms with Gasteiger partial charge in [-0.05, 0) is 18.4 Å². The van der Waals surface area contributed by atoms with Crippen molar-refractivity contribution in [2.45, 2.75) is 26.3 Å². The number of aliphatic hydroxyl groups is 1. The van der Waals surface area contributed by atoms with E-state index in [2.05, 4.69) is 5.32 Å². The maximum absolute atomic E-state index is 12.2. The van der Waals surface area contributed by atoms with Gasteiger partial charge in [0.25, 0.3) is 5.91 Å². The smallest absolute Gasteiger partial charge is 0.253 e. The van der Waals surface area contributed by atoms with E-state index in [0.29, 0.717) is 35.1 Å². The van der Waals surface area contributed by atoms with E-state index in [4.69, 9.17) is 15.2 Å². The molecule has 0 fully saturated rings. The monoisotopic (exact) mass is 280 g/mol. The number of anilines is 1. The summed E-state index contributed by atoms with van der Waals surface area (Å²) in [4.78, 5) is 12.2. The van der Waals surface area contributed by atoms with Crippen LogP contribution >= 0.6 is 0 Å². The first-order valence-electron chi connectivity index (χ1n) is 6.62. The lowest BCUT2D eigenvalue weighted by Gasteiger charge is -2.18. The predicted molar refractivity (Wildman–Crippen MR) is 74.8 cm³/mol. The molecule has 1 aliphatic heterocycles. The molecule has 0 radical (unpaired) electrons. The standard InChI is InChI=1S/C14H20N2O4/c1-8(2)3-9(6-17)16-14(18)10-4-12-13(5-11(10)15)20-7-19-12/h4-5,8-9,17H,3,6-7,15H2,1-2H3,(H,16,18). The van der Waals surface area contributed by atoms with E-state index < -0.39 is 0 Å². The second-order valence-electron chi connectivity index (χ2n) is 5.28. The van der Waals surface area contributed by atoms with E-state index in [1.54, 1.807) is 12.1 Å². The van der Waals surface area contributed by atoms with Crippen LogP contribution in [0.4, 0.5) is 5.69 Å². The second-order valence-corrected chi connectivity index (χ2v) is 5.28. The molecule has 1 aromatic carbocycles. The number of rotatable bonds is 5. The van der Waals surface area contributed by atoms with E-state index >= 15 is 0 Å². The van der Waals surface area contributed by atoms with Crippen molar-refractivity contribution in [3.8, 4) is 11.5 Å². The zero-order chi connectivity index (χ0) is 14.7. The molecule has 1 heterocycles. The molecule has 1 aromatic rings. The number of benzene rings is 1.